The maximum atomic E-state index is 12.1. The number of nitrogens with zero attached hydrogens (tertiary/aromatic N) is 1. The number of ether oxygens (including phenoxy) is 2. The standard InChI is InChI=1S/C14H13ClN2O3S/c1-19-11-4-7(3-9(15)12(11)20-2)13-16-10-6-21-5-8(10)14(18)17-13/h3-4H,5-6H2,1-2H3,(H,16,17,18). The number of nitrogens with one attached hydrogen (secondary N) is 1. The van der Waals surface area contributed by atoms with Crippen molar-refractivity contribution in [3.8, 4) is 22.9 Å². The molecule has 0 radical (unpaired) electrons. The van der Waals surface area contributed by atoms with Crippen LogP contribution in [0.5, 0.6) is 11.5 Å². The number of hydrogen-bond acceptors (Lipinski definition) is 5. The van der Waals surface area contributed by atoms with Crippen molar-refractivity contribution >= 4 is 23.4 Å². The number of halogens is 1. The molecule has 1 N–H and O–H groups in total. The third kappa shape index (κ3) is 2.49. The van der Waals surface area contributed by atoms with Crippen LogP contribution in [0.1, 0.15) is 11.3 Å². The molecule has 0 amide bonds. The highest BCUT2D eigenvalue weighted by molar-refractivity contribution is 7.98. The molecule has 0 spiro atoms. The SMILES string of the molecule is COc1cc(-c2nc3c(c(=O)[nH]2)CSC3)cc(Cl)c1OC. The van der Waals surface area contributed by atoms with Crippen LogP contribution in [0.2, 0.25) is 5.02 Å². The van der Waals surface area contributed by atoms with E-state index >= 15 is 0 Å². The Morgan fingerprint density at radius 2 is 2.10 bits per heavy atom. The van der Waals surface area contributed by atoms with Gasteiger partial charge in [0.05, 0.1) is 24.9 Å². The smallest absolute Gasteiger partial charge is 0.255 e. The van der Waals surface area contributed by atoms with Crippen molar-refractivity contribution in [3.05, 3.63) is 38.8 Å². The van der Waals surface area contributed by atoms with Gasteiger partial charge in [-0.1, -0.05) is 11.6 Å². The second-order valence-corrected chi connectivity index (χ2v) is 5.92. The van der Waals surface area contributed by atoms with Gasteiger partial charge in [0.25, 0.3) is 5.56 Å². The molecule has 3 rings (SSSR count). The first kappa shape index (κ1) is 14.3. The average molecular weight is 325 g/mol. The summed E-state index contributed by atoms with van der Waals surface area (Å²) in [6, 6.07) is 3.45. The zero-order valence-electron chi connectivity index (χ0n) is 11.5. The molecule has 0 saturated carbocycles. The molecule has 2 heterocycles. The predicted octanol–water partition coefficient (Wildman–Crippen LogP) is 2.85. The van der Waals surface area contributed by atoms with Crippen LogP contribution in [0, 0.1) is 0 Å². The van der Waals surface area contributed by atoms with E-state index in [9.17, 15) is 4.79 Å². The van der Waals surface area contributed by atoms with Crippen LogP contribution < -0.4 is 15.0 Å². The molecule has 1 aromatic carbocycles. The number of aromatic amines is 1. The highest BCUT2D eigenvalue weighted by Gasteiger charge is 2.19. The molecule has 0 bridgehead atoms. The van der Waals surface area contributed by atoms with Gasteiger partial charge in [0.2, 0.25) is 0 Å². The van der Waals surface area contributed by atoms with Crippen molar-refractivity contribution < 1.29 is 9.47 Å². The molecule has 0 fully saturated rings. The molecule has 21 heavy (non-hydrogen) atoms. The van der Waals surface area contributed by atoms with Gasteiger partial charge in [0.15, 0.2) is 11.5 Å². The fraction of sp³-hybridized carbons (Fsp3) is 0.286. The van der Waals surface area contributed by atoms with E-state index in [4.69, 9.17) is 21.1 Å². The fourth-order valence-electron chi connectivity index (χ4n) is 2.25. The zero-order valence-corrected chi connectivity index (χ0v) is 13.1. The first-order chi connectivity index (χ1) is 10.1. The van der Waals surface area contributed by atoms with Crippen molar-refractivity contribution in [2.24, 2.45) is 0 Å². The average Bonchev–Trinajstić information content (AvgIpc) is 2.95. The summed E-state index contributed by atoms with van der Waals surface area (Å²) in [5.41, 5.74) is 2.19. The first-order valence-corrected chi connectivity index (χ1v) is 7.79. The van der Waals surface area contributed by atoms with Gasteiger partial charge in [-0.05, 0) is 12.1 Å². The van der Waals surface area contributed by atoms with Crippen LogP contribution in [0.25, 0.3) is 11.4 Å². The summed E-state index contributed by atoms with van der Waals surface area (Å²) in [6.07, 6.45) is 0. The molecule has 0 unspecified atom stereocenters. The Bertz CT molecular complexity index is 761. The van der Waals surface area contributed by atoms with E-state index in [1.165, 1.54) is 14.2 Å². The van der Waals surface area contributed by atoms with E-state index in [0.717, 1.165) is 17.0 Å². The normalized spacial score (nSPS) is 13.1. The van der Waals surface area contributed by atoms with Gasteiger partial charge >= 0.3 is 0 Å². The Morgan fingerprint density at radius 1 is 1.29 bits per heavy atom. The van der Waals surface area contributed by atoms with Crippen LogP contribution >= 0.6 is 23.4 Å². The van der Waals surface area contributed by atoms with Crippen molar-refractivity contribution in [1.29, 1.82) is 0 Å². The quantitative estimate of drug-likeness (QED) is 0.940. The Labute approximate surface area is 130 Å². The molecule has 1 aromatic heterocycles. The number of H-pyrrole nitrogens is 1. The summed E-state index contributed by atoms with van der Waals surface area (Å²) in [6.45, 7) is 0. The minimum Gasteiger partial charge on any atom is -0.493 e. The summed E-state index contributed by atoms with van der Waals surface area (Å²) in [7, 11) is 3.06. The Hall–Kier alpha value is -1.66. The summed E-state index contributed by atoms with van der Waals surface area (Å²) in [5, 5.41) is 0.407. The fourth-order valence-corrected chi connectivity index (χ4v) is 3.58. The molecule has 110 valence electrons. The topological polar surface area (TPSA) is 64.2 Å². The Morgan fingerprint density at radius 3 is 2.81 bits per heavy atom. The summed E-state index contributed by atoms with van der Waals surface area (Å²) in [4.78, 5) is 19.4. The van der Waals surface area contributed by atoms with Gasteiger partial charge in [-0.3, -0.25) is 4.79 Å². The van der Waals surface area contributed by atoms with Crippen LogP contribution in [-0.4, -0.2) is 24.2 Å². The second-order valence-electron chi connectivity index (χ2n) is 4.53. The maximum Gasteiger partial charge on any atom is 0.255 e. The zero-order chi connectivity index (χ0) is 15.0. The Balaban J connectivity index is 2.15. The molecular weight excluding hydrogens is 312 g/mol. The van der Waals surface area contributed by atoms with Crippen LogP contribution in [0.4, 0.5) is 0 Å². The lowest BCUT2D eigenvalue weighted by molar-refractivity contribution is 0.355. The van der Waals surface area contributed by atoms with Crippen molar-refractivity contribution in [3.63, 3.8) is 0 Å². The third-order valence-electron chi connectivity index (χ3n) is 3.29. The van der Waals surface area contributed by atoms with Gasteiger partial charge < -0.3 is 14.5 Å². The van der Waals surface area contributed by atoms with Gasteiger partial charge in [-0.25, -0.2) is 4.98 Å². The van der Waals surface area contributed by atoms with Crippen molar-refractivity contribution in [2.75, 3.05) is 14.2 Å². The molecule has 2 aromatic rings. The van der Waals surface area contributed by atoms with Gasteiger partial charge in [-0.2, -0.15) is 11.8 Å². The number of methoxy groups -OCH3 is 2. The first-order valence-electron chi connectivity index (χ1n) is 6.25. The summed E-state index contributed by atoms with van der Waals surface area (Å²) >= 11 is 7.88. The summed E-state index contributed by atoms with van der Waals surface area (Å²) < 4.78 is 10.5. The largest absolute Gasteiger partial charge is 0.493 e. The monoisotopic (exact) mass is 324 g/mol. The molecule has 0 aliphatic carbocycles. The van der Waals surface area contributed by atoms with Gasteiger partial charge in [-0.15, -0.1) is 0 Å². The Kier molecular flexibility index (Phi) is 3.82. The number of fused-ring (bicyclic) bond motifs is 1. The van der Waals surface area contributed by atoms with Crippen molar-refractivity contribution in [1.82, 2.24) is 9.97 Å². The summed E-state index contributed by atoms with van der Waals surface area (Å²) in [5.74, 6) is 2.92. The van der Waals surface area contributed by atoms with E-state index in [1.54, 1.807) is 23.9 Å². The molecular formula is C14H13ClN2O3S. The van der Waals surface area contributed by atoms with Gasteiger partial charge in [0, 0.05) is 22.6 Å². The van der Waals surface area contributed by atoms with Crippen molar-refractivity contribution in [2.45, 2.75) is 11.5 Å². The van der Waals surface area contributed by atoms with E-state index < -0.39 is 0 Å². The van der Waals surface area contributed by atoms with E-state index in [0.29, 0.717) is 33.7 Å². The number of hydrogen-bond donors (Lipinski definition) is 1. The minimum absolute atomic E-state index is 0.0918. The van der Waals surface area contributed by atoms with Crippen LogP contribution in [0.3, 0.4) is 0 Å². The van der Waals surface area contributed by atoms with E-state index in [-0.39, 0.29) is 5.56 Å². The highest BCUT2D eigenvalue weighted by atomic mass is 35.5. The molecule has 0 saturated heterocycles. The minimum atomic E-state index is -0.0918. The number of thioether (sulfide) groups is 1. The number of rotatable bonds is 3. The molecule has 1 aliphatic heterocycles. The van der Waals surface area contributed by atoms with Gasteiger partial charge in [0.1, 0.15) is 5.82 Å². The van der Waals surface area contributed by atoms with E-state index in [1.807, 2.05) is 0 Å². The van der Waals surface area contributed by atoms with Crippen LogP contribution in [0.15, 0.2) is 16.9 Å². The molecule has 1 aliphatic rings. The molecule has 7 heteroatoms. The lowest BCUT2D eigenvalue weighted by atomic mass is 10.1. The number of aromatic nitrogens is 2. The lowest BCUT2D eigenvalue weighted by Gasteiger charge is -2.11. The lowest BCUT2D eigenvalue weighted by Crippen LogP contribution is -2.15. The van der Waals surface area contributed by atoms with E-state index in [2.05, 4.69) is 9.97 Å². The molecule has 0 atom stereocenters. The predicted molar refractivity (Wildman–Crippen MR) is 83.4 cm³/mol. The second kappa shape index (κ2) is 5.61. The molecule has 5 nitrogen and oxygen atoms in total. The number of benzene rings is 1. The third-order valence-corrected chi connectivity index (χ3v) is 4.54. The maximum absolute atomic E-state index is 12.1. The highest BCUT2D eigenvalue weighted by Crippen LogP contribution is 2.38. The van der Waals surface area contributed by atoms with Crippen LogP contribution in [-0.2, 0) is 11.5 Å².